The Balaban J connectivity index is 1.78. The third-order valence-corrected chi connectivity index (χ3v) is 3.91. The lowest BCUT2D eigenvalue weighted by Gasteiger charge is -2.36. The average Bonchev–Trinajstić information content (AvgIpc) is 2.52. The fourth-order valence-corrected chi connectivity index (χ4v) is 2.63. The van der Waals surface area contributed by atoms with Gasteiger partial charge in [-0.05, 0) is 39.0 Å². The second-order valence-corrected chi connectivity index (χ2v) is 7.18. The highest BCUT2D eigenvalue weighted by Gasteiger charge is 2.24. The van der Waals surface area contributed by atoms with Crippen molar-refractivity contribution < 1.29 is 19.0 Å². The number of benzene rings is 1. The molecule has 134 valence electrons. The summed E-state index contributed by atoms with van der Waals surface area (Å²) in [4.78, 5) is 16.2. The normalized spacial score (nSPS) is 17.8. The SMILES string of the molecule is CC(C)(C)OCC(O)CN1CCN(C(=O)c2cccc(F)c2)CC1. The second kappa shape index (κ2) is 8.05. The maximum Gasteiger partial charge on any atom is 0.254 e. The first-order valence-corrected chi connectivity index (χ1v) is 8.34. The van der Waals surface area contributed by atoms with Crippen molar-refractivity contribution in [1.82, 2.24) is 9.80 Å². The van der Waals surface area contributed by atoms with Gasteiger partial charge in [0, 0.05) is 38.3 Å². The molecule has 1 unspecified atom stereocenters. The van der Waals surface area contributed by atoms with Gasteiger partial charge in [0.25, 0.3) is 5.91 Å². The van der Waals surface area contributed by atoms with Crippen LogP contribution in [-0.4, -0.2) is 71.8 Å². The van der Waals surface area contributed by atoms with Gasteiger partial charge >= 0.3 is 0 Å². The van der Waals surface area contributed by atoms with Gasteiger partial charge in [-0.3, -0.25) is 9.69 Å². The molecular formula is C18H27FN2O3. The van der Waals surface area contributed by atoms with Crippen LogP contribution in [0, 0.1) is 5.82 Å². The van der Waals surface area contributed by atoms with Crippen molar-refractivity contribution in [2.75, 3.05) is 39.3 Å². The zero-order valence-corrected chi connectivity index (χ0v) is 14.7. The van der Waals surface area contributed by atoms with Gasteiger partial charge in [0.2, 0.25) is 0 Å². The van der Waals surface area contributed by atoms with E-state index >= 15 is 0 Å². The molecule has 6 heteroatoms. The summed E-state index contributed by atoms with van der Waals surface area (Å²) in [5, 5.41) is 10.1. The molecule has 1 atom stereocenters. The van der Waals surface area contributed by atoms with Gasteiger partial charge < -0.3 is 14.7 Å². The summed E-state index contributed by atoms with van der Waals surface area (Å²) in [5.41, 5.74) is 0.110. The van der Waals surface area contributed by atoms with Crippen molar-refractivity contribution in [2.24, 2.45) is 0 Å². The number of aliphatic hydroxyl groups is 1. The van der Waals surface area contributed by atoms with Crippen LogP contribution in [0.3, 0.4) is 0 Å². The van der Waals surface area contributed by atoms with Gasteiger partial charge in [-0.25, -0.2) is 4.39 Å². The minimum atomic E-state index is -0.547. The van der Waals surface area contributed by atoms with E-state index in [9.17, 15) is 14.3 Å². The largest absolute Gasteiger partial charge is 0.389 e. The molecule has 1 amide bonds. The van der Waals surface area contributed by atoms with E-state index in [1.807, 2.05) is 20.8 Å². The van der Waals surface area contributed by atoms with Crippen LogP contribution in [0.2, 0.25) is 0 Å². The van der Waals surface area contributed by atoms with E-state index in [4.69, 9.17) is 4.74 Å². The predicted molar refractivity (Wildman–Crippen MR) is 90.5 cm³/mol. The fraction of sp³-hybridized carbons (Fsp3) is 0.611. The monoisotopic (exact) mass is 338 g/mol. The first kappa shape index (κ1) is 18.8. The van der Waals surface area contributed by atoms with Crippen molar-refractivity contribution in [3.8, 4) is 0 Å². The van der Waals surface area contributed by atoms with Crippen LogP contribution >= 0.6 is 0 Å². The second-order valence-electron chi connectivity index (χ2n) is 7.18. The highest BCUT2D eigenvalue weighted by Crippen LogP contribution is 2.12. The van der Waals surface area contributed by atoms with Crippen molar-refractivity contribution in [3.05, 3.63) is 35.6 Å². The number of rotatable bonds is 5. The van der Waals surface area contributed by atoms with Crippen LogP contribution in [0.25, 0.3) is 0 Å². The molecule has 0 spiro atoms. The van der Waals surface area contributed by atoms with Gasteiger partial charge in [0.15, 0.2) is 0 Å². The van der Waals surface area contributed by atoms with Gasteiger partial charge in [-0.15, -0.1) is 0 Å². The molecule has 1 aliphatic heterocycles. The summed E-state index contributed by atoms with van der Waals surface area (Å²) in [6, 6.07) is 5.77. The van der Waals surface area contributed by atoms with E-state index in [1.165, 1.54) is 12.1 Å². The van der Waals surface area contributed by atoms with Gasteiger partial charge in [0.1, 0.15) is 5.82 Å². The number of piperazine rings is 1. The summed E-state index contributed by atoms with van der Waals surface area (Å²) in [6.07, 6.45) is -0.547. The Hall–Kier alpha value is -1.50. The highest BCUT2D eigenvalue weighted by molar-refractivity contribution is 5.94. The molecule has 1 aliphatic rings. The standard InChI is InChI=1S/C18H27FN2O3/c1-18(2,3)24-13-16(22)12-20-7-9-21(10-8-20)17(23)14-5-4-6-15(19)11-14/h4-6,11,16,22H,7-10,12-13H2,1-3H3. The molecule has 24 heavy (non-hydrogen) atoms. The number of β-amino-alcohol motifs (C(OH)–C–C–N with tert-alkyl or cyclic N) is 1. The third-order valence-electron chi connectivity index (χ3n) is 3.91. The molecule has 0 saturated carbocycles. The lowest BCUT2D eigenvalue weighted by molar-refractivity contribution is -0.0581. The quantitative estimate of drug-likeness (QED) is 0.889. The molecule has 0 radical (unpaired) electrons. The number of nitrogens with zero attached hydrogens (tertiary/aromatic N) is 2. The summed E-state index contributed by atoms with van der Waals surface area (Å²) in [6.45, 7) is 9.21. The maximum absolute atomic E-state index is 13.2. The number of aliphatic hydroxyl groups excluding tert-OH is 1. The zero-order valence-electron chi connectivity index (χ0n) is 14.7. The first-order valence-electron chi connectivity index (χ1n) is 8.34. The third kappa shape index (κ3) is 5.85. The Morgan fingerprint density at radius 3 is 2.54 bits per heavy atom. The average molecular weight is 338 g/mol. The first-order chi connectivity index (χ1) is 11.2. The molecule has 1 fully saturated rings. The van der Waals surface area contributed by atoms with Gasteiger partial charge in [-0.1, -0.05) is 6.07 Å². The molecule has 1 saturated heterocycles. The Kier molecular flexibility index (Phi) is 6.32. The number of carbonyl (C=O) groups excluding carboxylic acids is 1. The smallest absolute Gasteiger partial charge is 0.254 e. The number of hydrogen-bond acceptors (Lipinski definition) is 4. The number of halogens is 1. The van der Waals surface area contributed by atoms with E-state index in [0.717, 1.165) is 0 Å². The van der Waals surface area contributed by atoms with Crippen LogP contribution in [0.1, 0.15) is 31.1 Å². The van der Waals surface area contributed by atoms with Crippen LogP contribution in [0.5, 0.6) is 0 Å². The van der Waals surface area contributed by atoms with Gasteiger partial charge in [0.05, 0.1) is 18.3 Å². The number of hydrogen-bond donors (Lipinski definition) is 1. The van der Waals surface area contributed by atoms with Crippen LogP contribution in [0.15, 0.2) is 24.3 Å². The number of amides is 1. The summed E-state index contributed by atoms with van der Waals surface area (Å²) < 4.78 is 18.8. The van der Waals surface area contributed by atoms with Crippen molar-refractivity contribution in [3.63, 3.8) is 0 Å². The molecule has 0 aromatic heterocycles. The van der Waals surface area contributed by atoms with Crippen molar-refractivity contribution in [2.45, 2.75) is 32.5 Å². The Labute approximate surface area is 143 Å². The molecule has 5 nitrogen and oxygen atoms in total. The molecule has 1 heterocycles. The van der Waals surface area contributed by atoms with Crippen molar-refractivity contribution in [1.29, 1.82) is 0 Å². The molecule has 2 rings (SSSR count). The molecule has 1 aromatic carbocycles. The minimum Gasteiger partial charge on any atom is -0.389 e. The topological polar surface area (TPSA) is 53.0 Å². The van der Waals surface area contributed by atoms with E-state index in [-0.39, 0.29) is 11.5 Å². The zero-order chi connectivity index (χ0) is 17.7. The molecule has 0 aliphatic carbocycles. The van der Waals surface area contributed by atoms with E-state index in [0.29, 0.717) is 44.9 Å². The lowest BCUT2D eigenvalue weighted by Crippen LogP contribution is -2.51. The minimum absolute atomic E-state index is 0.147. The molecule has 1 aromatic rings. The van der Waals surface area contributed by atoms with E-state index in [1.54, 1.807) is 17.0 Å². The van der Waals surface area contributed by atoms with E-state index < -0.39 is 11.9 Å². The Morgan fingerprint density at radius 2 is 1.96 bits per heavy atom. The number of ether oxygens (including phenoxy) is 1. The molecule has 1 N–H and O–H groups in total. The summed E-state index contributed by atoms with van der Waals surface area (Å²) >= 11 is 0. The molecule has 0 bridgehead atoms. The van der Waals surface area contributed by atoms with Crippen LogP contribution in [-0.2, 0) is 4.74 Å². The summed E-state index contributed by atoms with van der Waals surface area (Å²) in [5.74, 6) is -0.549. The maximum atomic E-state index is 13.2. The van der Waals surface area contributed by atoms with Crippen LogP contribution < -0.4 is 0 Å². The number of carbonyl (C=O) groups is 1. The summed E-state index contributed by atoms with van der Waals surface area (Å²) in [7, 11) is 0. The lowest BCUT2D eigenvalue weighted by atomic mass is 10.1. The Morgan fingerprint density at radius 1 is 1.29 bits per heavy atom. The fourth-order valence-electron chi connectivity index (χ4n) is 2.63. The molecular weight excluding hydrogens is 311 g/mol. The van der Waals surface area contributed by atoms with E-state index in [2.05, 4.69) is 4.90 Å². The van der Waals surface area contributed by atoms with Crippen molar-refractivity contribution >= 4 is 5.91 Å². The van der Waals surface area contributed by atoms with Gasteiger partial charge in [-0.2, -0.15) is 0 Å². The highest BCUT2D eigenvalue weighted by atomic mass is 19.1. The Bertz CT molecular complexity index is 551. The van der Waals surface area contributed by atoms with Crippen LogP contribution in [0.4, 0.5) is 4.39 Å². The predicted octanol–water partition coefficient (Wildman–Crippen LogP) is 1.76.